The molecular formula is C14H19NO2. The van der Waals surface area contributed by atoms with Gasteiger partial charge in [0.1, 0.15) is 0 Å². The van der Waals surface area contributed by atoms with Crippen molar-refractivity contribution in [2.45, 2.75) is 38.1 Å². The Bertz CT molecular complexity index is 405. The zero-order valence-corrected chi connectivity index (χ0v) is 10.2. The molecule has 0 heterocycles. The van der Waals surface area contributed by atoms with Gasteiger partial charge < -0.3 is 10.4 Å². The molecule has 2 N–H and O–H groups in total. The lowest BCUT2D eigenvalue weighted by Gasteiger charge is -2.41. The van der Waals surface area contributed by atoms with Gasteiger partial charge in [0.05, 0.1) is 18.6 Å². The van der Waals surface area contributed by atoms with Crippen molar-refractivity contribution in [3.8, 4) is 0 Å². The van der Waals surface area contributed by atoms with E-state index in [1.165, 1.54) is 0 Å². The van der Waals surface area contributed by atoms with Gasteiger partial charge in [-0.3, -0.25) is 4.79 Å². The third-order valence-corrected chi connectivity index (χ3v) is 3.47. The van der Waals surface area contributed by atoms with Crippen LogP contribution < -0.4 is 5.32 Å². The zero-order chi connectivity index (χ0) is 12.3. The van der Waals surface area contributed by atoms with Gasteiger partial charge in [0.15, 0.2) is 0 Å². The zero-order valence-electron chi connectivity index (χ0n) is 10.2. The quantitative estimate of drug-likeness (QED) is 0.829. The smallest absolute Gasteiger partial charge is 0.224 e. The van der Waals surface area contributed by atoms with Crippen molar-refractivity contribution in [1.82, 2.24) is 5.32 Å². The van der Waals surface area contributed by atoms with Crippen LogP contribution in [0.4, 0.5) is 0 Å². The molecular weight excluding hydrogens is 214 g/mol. The maximum Gasteiger partial charge on any atom is 0.224 e. The Hall–Kier alpha value is -1.35. The standard InChI is InChI=1S/C14H19NO2/c1-11-4-2-5-12(8-11)9-13(17)15-14(10-16)6-3-7-14/h2,4-5,8,16H,3,6-7,9-10H2,1H3,(H,15,17). The average Bonchev–Trinajstić information content (AvgIpc) is 2.23. The molecule has 0 bridgehead atoms. The number of aryl methyl sites for hydroxylation is 1. The molecule has 92 valence electrons. The predicted octanol–water partition coefficient (Wildman–Crippen LogP) is 1.57. The SMILES string of the molecule is Cc1cccc(CC(=O)NC2(CO)CCC2)c1. The molecule has 17 heavy (non-hydrogen) atoms. The Morgan fingerprint density at radius 2 is 2.24 bits per heavy atom. The largest absolute Gasteiger partial charge is 0.394 e. The highest BCUT2D eigenvalue weighted by atomic mass is 16.3. The molecule has 1 aromatic rings. The van der Waals surface area contributed by atoms with Crippen molar-refractivity contribution in [1.29, 1.82) is 0 Å². The molecule has 1 aliphatic rings. The third kappa shape index (κ3) is 2.86. The molecule has 1 fully saturated rings. The molecule has 3 heteroatoms. The molecule has 0 aromatic heterocycles. The minimum Gasteiger partial charge on any atom is -0.394 e. The number of nitrogens with one attached hydrogen (secondary N) is 1. The van der Waals surface area contributed by atoms with Crippen LogP contribution in [-0.4, -0.2) is 23.2 Å². The summed E-state index contributed by atoms with van der Waals surface area (Å²) in [6, 6.07) is 7.95. The summed E-state index contributed by atoms with van der Waals surface area (Å²) in [5.74, 6) is 0.00403. The molecule has 0 unspecified atom stereocenters. The molecule has 1 saturated carbocycles. The Labute approximate surface area is 102 Å². The summed E-state index contributed by atoms with van der Waals surface area (Å²) in [5.41, 5.74) is 1.85. The van der Waals surface area contributed by atoms with Gasteiger partial charge in [-0.1, -0.05) is 29.8 Å². The van der Waals surface area contributed by atoms with E-state index in [0.29, 0.717) is 6.42 Å². The number of carbonyl (C=O) groups is 1. The van der Waals surface area contributed by atoms with E-state index >= 15 is 0 Å². The van der Waals surface area contributed by atoms with Crippen molar-refractivity contribution < 1.29 is 9.90 Å². The second kappa shape index (κ2) is 4.88. The van der Waals surface area contributed by atoms with E-state index in [-0.39, 0.29) is 18.1 Å². The number of aliphatic hydroxyl groups excluding tert-OH is 1. The lowest BCUT2D eigenvalue weighted by Crippen LogP contribution is -2.56. The first-order valence-corrected chi connectivity index (χ1v) is 6.11. The summed E-state index contributed by atoms with van der Waals surface area (Å²) < 4.78 is 0. The fraction of sp³-hybridized carbons (Fsp3) is 0.500. The fourth-order valence-corrected chi connectivity index (χ4v) is 2.27. The van der Waals surface area contributed by atoms with Crippen molar-refractivity contribution in [2.24, 2.45) is 0 Å². The van der Waals surface area contributed by atoms with Gasteiger partial charge in [-0.2, -0.15) is 0 Å². The van der Waals surface area contributed by atoms with Gasteiger partial charge in [0, 0.05) is 0 Å². The lowest BCUT2D eigenvalue weighted by atomic mass is 9.77. The molecule has 1 aliphatic carbocycles. The van der Waals surface area contributed by atoms with Crippen molar-refractivity contribution >= 4 is 5.91 Å². The summed E-state index contributed by atoms with van der Waals surface area (Å²) in [6.45, 7) is 2.06. The van der Waals surface area contributed by atoms with Crippen LogP contribution in [0.25, 0.3) is 0 Å². The molecule has 0 aliphatic heterocycles. The maximum atomic E-state index is 11.9. The van der Waals surface area contributed by atoms with E-state index in [1.54, 1.807) is 0 Å². The van der Waals surface area contributed by atoms with E-state index in [2.05, 4.69) is 5.32 Å². The minimum absolute atomic E-state index is 0.00403. The molecule has 0 atom stereocenters. The predicted molar refractivity (Wildman–Crippen MR) is 66.7 cm³/mol. The minimum atomic E-state index is -0.332. The monoisotopic (exact) mass is 233 g/mol. The molecule has 0 radical (unpaired) electrons. The number of hydrogen-bond acceptors (Lipinski definition) is 2. The normalized spacial score (nSPS) is 17.3. The van der Waals surface area contributed by atoms with Crippen LogP contribution in [0.15, 0.2) is 24.3 Å². The Morgan fingerprint density at radius 3 is 2.76 bits per heavy atom. The van der Waals surface area contributed by atoms with E-state index < -0.39 is 0 Å². The Kier molecular flexibility index (Phi) is 3.48. The van der Waals surface area contributed by atoms with Crippen LogP contribution in [0.5, 0.6) is 0 Å². The van der Waals surface area contributed by atoms with Crippen LogP contribution in [0.2, 0.25) is 0 Å². The molecule has 2 rings (SSSR count). The summed E-state index contributed by atoms with van der Waals surface area (Å²) in [6.07, 6.45) is 3.26. The highest BCUT2D eigenvalue weighted by Crippen LogP contribution is 2.31. The second-order valence-corrected chi connectivity index (χ2v) is 5.01. The number of benzene rings is 1. The van der Waals surface area contributed by atoms with E-state index in [1.807, 2.05) is 31.2 Å². The summed E-state index contributed by atoms with van der Waals surface area (Å²) >= 11 is 0. The van der Waals surface area contributed by atoms with E-state index in [9.17, 15) is 9.90 Å². The van der Waals surface area contributed by atoms with Crippen LogP contribution in [0.3, 0.4) is 0 Å². The number of amides is 1. The van der Waals surface area contributed by atoms with E-state index in [0.717, 1.165) is 30.4 Å². The van der Waals surface area contributed by atoms with Gasteiger partial charge in [0.2, 0.25) is 5.91 Å². The van der Waals surface area contributed by atoms with Crippen LogP contribution in [0.1, 0.15) is 30.4 Å². The number of carbonyl (C=O) groups excluding carboxylic acids is 1. The number of hydrogen-bond donors (Lipinski definition) is 2. The van der Waals surface area contributed by atoms with Crippen molar-refractivity contribution in [3.05, 3.63) is 35.4 Å². The Morgan fingerprint density at radius 1 is 1.47 bits per heavy atom. The van der Waals surface area contributed by atoms with Gasteiger partial charge in [-0.05, 0) is 31.7 Å². The average molecular weight is 233 g/mol. The highest BCUT2D eigenvalue weighted by Gasteiger charge is 2.37. The van der Waals surface area contributed by atoms with Gasteiger partial charge in [0.25, 0.3) is 0 Å². The fourth-order valence-electron chi connectivity index (χ4n) is 2.27. The molecule has 1 amide bonds. The molecule has 0 spiro atoms. The molecule has 0 saturated heterocycles. The second-order valence-electron chi connectivity index (χ2n) is 5.01. The Balaban J connectivity index is 1.93. The summed E-state index contributed by atoms with van der Waals surface area (Å²) in [4.78, 5) is 11.9. The van der Waals surface area contributed by atoms with Crippen LogP contribution >= 0.6 is 0 Å². The topological polar surface area (TPSA) is 49.3 Å². The van der Waals surface area contributed by atoms with Crippen molar-refractivity contribution in [2.75, 3.05) is 6.61 Å². The number of aliphatic hydroxyl groups is 1. The summed E-state index contributed by atoms with van der Waals surface area (Å²) in [5, 5.41) is 12.2. The summed E-state index contributed by atoms with van der Waals surface area (Å²) in [7, 11) is 0. The van der Waals surface area contributed by atoms with Crippen LogP contribution in [0, 0.1) is 6.92 Å². The van der Waals surface area contributed by atoms with Gasteiger partial charge in [-0.15, -0.1) is 0 Å². The first-order chi connectivity index (χ1) is 8.13. The highest BCUT2D eigenvalue weighted by molar-refractivity contribution is 5.79. The maximum absolute atomic E-state index is 11.9. The first-order valence-electron chi connectivity index (χ1n) is 6.11. The van der Waals surface area contributed by atoms with Crippen LogP contribution in [-0.2, 0) is 11.2 Å². The first kappa shape index (κ1) is 12.1. The number of rotatable bonds is 4. The third-order valence-electron chi connectivity index (χ3n) is 3.47. The molecule has 3 nitrogen and oxygen atoms in total. The molecule has 1 aromatic carbocycles. The van der Waals surface area contributed by atoms with Gasteiger partial charge in [-0.25, -0.2) is 0 Å². The van der Waals surface area contributed by atoms with Crippen molar-refractivity contribution in [3.63, 3.8) is 0 Å². The van der Waals surface area contributed by atoms with E-state index in [4.69, 9.17) is 0 Å². The lowest BCUT2D eigenvalue weighted by molar-refractivity contribution is -0.124. The van der Waals surface area contributed by atoms with Gasteiger partial charge >= 0.3 is 0 Å².